The van der Waals surface area contributed by atoms with Crippen molar-refractivity contribution in [2.24, 2.45) is 0 Å². The second kappa shape index (κ2) is 10.9. The molecule has 2 aromatic rings. The van der Waals surface area contributed by atoms with Crippen molar-refractivity contribution in [3.05, 3.63) is 58.3 Å². The minimum Gasteiger partial charge on any atom is -0.353 e. The van der Waals surface area contributed by atoms with E-state index in [0.717, 1.165) is 5.56 Å². The smallest absolute Gasteiger partial charge is 0.262 e. The van der Waals surface area contributed by atoms with Gasteiger partial charge in [0, 0.05) is 19.0 Å². The highest BCUT2D eigenvalue weighted by molar-refractivity contribution is 7.12. The lowest BCUT2D eigenvalue weighted by Crippen LogP contribution is -2.50. The Morgan fingerprint density at radius 2 is 1.84 bits per heavy atom. The van der Waals surface area contributed by atoms with Crippen molar-refractivity contribution in [3.8, 4) is 0 Å². The van der Waals surface area contributed by atoms with Crippen LogP contribution in [0.4, 0.5) is 0 Å². The van der Waals surface area contributed by atoms with Gasteiger partial charge in [0.1, 0.15) is 6.04 Å². The summed E-state index contributed by atoms with van der Waals surface area (Å²) in [6.45, 7) is 2.49. The molecule has 0 spiro atoms. The quantitative estimate of drug-likeness (QED) is 0.656. The van der Waals surface area contributed by atoms with E-state index in [4.69, 9.17) is 0 Å². The van der Waals surface area contributed by atoms with Crippen LogP contribution in [0.3, 0.4) is 0 Å². The summed E-state index contributed by atoms with van der Waals surface area (Å²) in [5, 5.41) is 10.7. The summed E-state index contributed by atoms with van der Waals surface area (Å²) in [5.41, 5.74) is 1.01. The van der Waals surface area contributed by atoms with Crippen LogP contribution in [0, 0.1) is 0 Å². The van der Waals surface area contributed by atoms with Crippen LogP contribution in [-0.4, -0.2) is 37.5 Å². The van der Waals surface area contributed by atoms with E-state index in [1.165, 1.54) is 11.3 Å². The van der Waals surface area contributed by atoms with Crippen molar-refractivity contribution in [2.45, 2.75) is 25.4 Å². The molecule has 0 bridgehead atoms. The SMILES string of the molecule is CNC(C)CNC(=O)C(Cc1ccccc1)NC(=O)c1cccs1.Cl. The second-order valence-corrected chi connectivity index (χ2v) is 6.58. The number of benzene rings is 1. The summed E-state index contributed by atoms with van der Waals surface area (Å²) in [6.07, 6.45) is 0.456. The van der Waals surface area contributed by atoms with Crippen LogP contribution in [0.1, 0.15) is 22.2 Å². The van der Waals surface area contributed by atoms with Gasteiger partial charge in [-0.1, -0.05) is 36.4 Å². The van der Waals surface area contributed by atoms with E-state index in [2.05, 4.69) is 16.0 Å². The maximum absolute atomic E-state index is 12.5. The normalized spacial score (nSPS) is 12.6. The van der Waals surface area contributed by atoms with Crippen molar-refractivity contribution < 1.29 is 9.59 Å². The average molecular weight is 382 g/mol. The molecule has 136 valence electrons. The van der Waals surface area contributed by atoms with Crippen molar-refractivity contribution in [1.29, 1.82) is 0 Å². The molecule has 1 aromatic heterocycles. The molecule has 0 aliphatic rings. The first-order chi connectivity index (χ1) is 11.6. The number of hydrogen-bond acceptors (Lipinski definition) is 4. The van der Waals surface area contributed by atoms with E-state index in [1.807, 2.05) is 55.7 Å². The molecule has 25 heavy (non-hydrogen) atoms. The Morgan fingerprint density at radius 1 is 1.12 bits per heavy atom. The van der Waals surface area contributed by atoms with Gasteiger partial charge < -0.3 is 16.0 Å². The number of hydrogen-bond donors (Lipinski definition) is 3. The van der Waals surface area contributed by atoms with Gasteiger partial charge in [0.05, 0.1) is 4.88 Å². The molecule has 1 aromatic carbocycles. The Morgan fingerprint density at radius 3 is 2.44 bits per heavy atom. The van der Waals surface area contributed by atoms with Crippen LogP contribution in [0.2, 0.25) is 0 Å². The number of carbonyl (C=O) groups is 2. The summed E-state index contributed by atoms with van der Waals surface area (Å²) in [4.78, 5) is 25.4. The van der Waals surface area contributed by atoms with Gasteiger partial charge in [-0.05, 0) is 31.0 Å². The first kappa shape index (κ1) is 21.2. The number of thiophene rings is 1. The fourth-order valence-electron chi connectivity index (χ4n) is 2.18. The van der Waals surface area contributed by atoms with Crippen molar-refractivity contribution in [1.82, 2.24) is 16.0 Å². The molecule has 0 aliphatic carbocycles. The number of carbonyl (C=O) groups excluding carboxylic acids is 2. The number of halogens is 1. The standard InChI is InChI=1S/C18H23N3O2S.ClH/c1-13(19-2)12-20-17(22)15(11-14-7-4-3-5-8-14)21-18(23)16-9-6-10-24-16;/h3-10,13,15,19H,11-12H2,1-2H3,(H,20,22)(H,21,23);1H. The summed E-state index contributed by atoms with van der Waals surface area (Å²) >= 11 is 1.36. The van der Waals surface area contributed by atoms with Crippen molar-refractivity contribution in [2.75, 3.05) is 13.6 Å². The minimum absolute atomic E-state index is 0. The van der Waals surface area contributed by atoms with Crippen LogP contribution >= 0.6 is 23.7 Å². The lowest BCUT2D eigenvalue weighted by atomic mass is 10.0. The molecule has 7 heteroatoms. The molecule has 0 saturated heterocycles. The molecule has 2 atom stereocenters. The van der Waals surface area contributed by atoms with Gasteiger partial charge in [0.2, 0.25) is 5.91 Å². The highest BCUT2D eigenvalue weighted by Crippen LogP contribution is 2.10. The summed E-state index contributed by atoms with van der Waals surface area (Å²) in [5.74, 6) is -0.395. The van der Waals surface area contributed by atoms with Crippen LogP contribution in [0.25, 0.3) is 0 Å². The predicted octanol–water partition coefficient (Wildman–Crippen LogP) is 2.24. The first-order valence-electron chi connectivity index (χ1n) is 7.93. The lowest BCUT2D eigenvalue weighted by molar-refractivity contribution is -0.123. The highest BCUT2D eigenvalue weighted by Gasteiger charge is 2.22. The number of nitrogens with one attached hydrogen (secondary N) is 3. The van der Waals surface area contributed by atoms with E-state index in [1.54, 1.807) is 6.07 Å². The van der Waals surface area contributed by atoms with Crippen LogP contribution in [0.5, 0.6) is 0 Å². The summed E-state index contributed by atoms with van der Waals surface area (Å²) in [7, 11) is 1.84. The van der Waals surface area contributed by atoms with E-state index in [9.17, 15) is 9.59 Å². The molecule has 2 amide bonds. The van der Waals surface area contributed by atoms with Gasteiger partial charge in [-0.2, -0.15) is 0 Å². The van der Waals surface area contributed by atoms with Gasteiger partial charge in [-0.3, -0.25) is 9.59 Å². The Kier molecular flexibility index (Phi) is 9.20. The third-order valence-corrected chi connectivity index (χ3v) is 4.59. The molecular weight excluding hydrogens is 358 g/mol. The molecule has 0 fully saturated rings. The Hall–Kier alpha value is -1.89. The Balaban J connectivity index is 0.00000312. The summed E-state index contributed by atoms with van der Waals surface area (Å²) in [6, 6.07) is 12.8. The summed E-state index contributed by atoms with van der Waals surface area (Å²) < 4.78 is 0. The van der Waals surface area contributed by atoms with E-state index in [0.29, 0.717) is 17.8 Å². The lowest BCUT2D eigenvalue weighted by Gasteiger charge is -2.20. The first-order valence-corrected chi connectivity index (χ1v) is 8.81. The Bertz CT molecular complexity index is 650. The number of rotatable bonds is 8. The molecule has 0 radical (unpaired) electrons. The molecule has 1 heterocycles. The van der Waals surface area contributed by atoms with Gasteiger partial charge in [-0.25, -0.2) is 0 Å². The number of likely N-dealkylation sites (N-methyl/N-ethyl adjacent to an activating group) is 1. The minimum atomic E-state index is -0.606. The average Bonchev–Trinajstić information content (AvgIpc) is 3.14. The zero-order chi connectivity index (χ0) is 17.4. The maximum atomic E-state index is 12.5. The predicted molar refractivity (Wildman–Crippen MR) is 104 cm³/mol. The number of amides is 2. The van der Waals surface area contributed by atoms with Gasteiger partial charge in [0.25, 0.3) is 5.91 Å². The third-order valence-electron chi connectivity index (χ3n) is 3.72. The second-order valence-electron chi connectivity index (χ2n) is 5.63. The largest absolute Gasteiger partial charge is 0.353 e. The van der Waals surface area contributed by atoms with Gasteiger partial charge >= 0.3 is 0 Å². The van der Waals surface area contributed by atoms with E-state index < -0.39 is 6.04 Å². The zero-order valence-corrected chi connectivity index (χ0v) is 16.0. The molecule has 5 nitrogen and oxygen atoms in total. The molecule has 2 rings (SSSR count). The zero-order valence-electron chi connectivity index (χ0n) is 14.3. The fraction of sp³-hybridized carbons (Fsp3) is 0.333. The van der Waals surface area contributed by atoms with Gasteiger partial charge in [-0.15, -0.1) is 23.7 Å². The van der Waals surface area contributed by atoms with Crippen LogP contribution in [-0.2, 0) is 11.2 Å². The van der Waals surface area contributed by atoms with E-state index >= 15 is 0 Å². The van der Waals surface area contributed by atoms with Crippen molar-refractivity contribution >= 4 is 35.6 Å². The third kappa shape index (κ3) is 6.86. The Labute approximate surface area is 158 Å². The fourth-order valence-corrected chi connectivity index (χ4v) is 2.80. The molecular formula is C18H24ClN3O2S. The monoisotopic (exact) mass is 381 g/mol. The highest BCUT2D eigenvalue weighted by atomic mass is 35.5. The van der Waals surface area contributed by atoms with E-state index in [-0.39, 0.29) is 30.3 Å². The van der Waals surface area contributed by atoms with Crippen LogP contribution in [0.15, 0.2) is 47.8 Å². The topological polar surface area (TPSA) is 70.2 Å². The van der Waals surface area contributed by atoms with Crippen LogP contribution < -0.4 is 16.0 Å². The molecule has 0 saturated carbocycles. The molecule has 3 N–H and O–H groups in total. The maximum Gasteiger partial charge on any atom is 0.262 e. The molecule has 0 aliphatic heterocycles. The van der Waals surface area contributed by atoms with Crippen molar-refractivity contribution in [3.63, 3.8) is 0 Å². The van der Waals surface area contributed by atoms with Gasteiger partial charge in [0.15, 0.2) is 0 Å². The molecule has 2 unspecified atom stereocenters.